The van der Waals surface area contributed by atoms with Crippen LogP contribution in [0.2, 0.25) is 5.28 Å². The molecular formula is C10H16Cl2N4. The van der Waals surface area contributed by atoms with E-state index in [0.717, 1.165) is 31.1 Å². The Kier molecular flexibility index (Phi) is 5.25. The Hall–Kier alpha value is -0.580. The maximum atomic E-state index is 5.77. The second-order valence-corrected chi connectivity index (χ2v) is 4.24. The van der Waals surface area contributed by atoms with Crippen LogP contribution < -0.4 is 10.6 Å². The summed E-state index contributed by atoms with van der Waals surface area (Å²) in [6, 6.07) is 1.91. The summed E-state index contributed by atoms with van der Waals surface area (Å²) in [6.07, 6.45) is 1.23. The monoisotopic (exact) mass is 262 g/mol. The van der Waals surface area contributed by atoms with Gasteiger partial charge in [-0.1, -0.05) is 0 Å². The van der Waals surface area contributed by atoms with Crippen molar-refractivity contribution in [3.8, 4) is 0 Å². The quantitative estimate of drug-likeness (QED) is 0.817. The van der Waals surface area contributed by atoms with Gasteiger partial charge in [0.25, 0.3) is 0 Å². The molecule has 90 valence electrons. The van der Waals surface area contributed by atoms with Gasteiger partial charge in [0, 0.05) is 18.3 Å². The first kappa shape index (κ1) is 13.5. The van der Waals surface area contributed by atoms with E-state index in [9.17, 15) is 0 Å². The van der Waals surface area contributed by atoms with Gasteiger partial charge in [0.05, 0.1) is 0 Å². The lowest BCUT2D eigenvalue weighted by Gasteiger charge is -2.10. The van der Waals surface area contributed by atoms with E-state index >= 15 is 0 Å². The second-order valence-electron chi connectivity index (χ2n) is 3.90. The van der Waals surface area contributed by atoms with Crippen LogP contribution >= 0.6 is 24.0 Å². The summed E-state index contributed by atoms with van der Waals surface area (Å²) >= 11 is 5.77. The highest BCUT2D eigenvalue weighted by atomic mass is 35.5. The molecule has 1 unspecified atom stereocenters. The van der Waals surface area contributed by atoms with Crippen LogP contribution in [0.15, 0.2) is 6.07 Å². The number of nitrogens with zero attached hydrogens (tertiary/aromatic N) is 2. The number of aromatic nitrogens is 2. The molecule has 0 spiro atoms. The van der Waals surface area contributed by atoms with Gasteiger partial charge >= 0.3 is 0 Å². The molecule has 1 fully saturated rings. The lowest BCUT2D eigenvalue weighted by Crippen LogP contribution is -2.17. The van der Waals surface area contributed by atoms with Crippen LogP contribution in [0.5, 0.6) is 0 Å². The maximum Gasteiger partial charge on any atom is 0.224 e. The third-order valence-corrected chi connectivity index (χ3v) is 2.73. The Bertz CT molecular complexity index is 319. The van der Waals surface area contributed by atoms with Gasteiger partial charge in [0.1, 0.15) is 5.82 Å². The molecule has 2 N–H and O–H groups in total. The van der Waals surface area contributed by atoms with Crippen LogP contribution in [-0.2, 0) is 0 Å². The van der Waals surface area contributed by atoms with E-state index in [-0.39, 0.29) is 12.4 Å². The van der Waals surface area contributed by atoms with Crippen LogP contribution in [0.3, 0.4) is 0 Å². The van der Waals surface area contributed by atoms with Crippen LogP contribution in [0.4, 0.5) is 5.82 Å². The predicted octanol–water partition coefficient (Wildman–Crippen LogP) is 1.88. The average Bonchev–Trinajstić information content (AvgIpc) is 2.65. The zero-order valence-corrected chi connectivity index (χ0v) is 10.7. The summed E-state index contributed by atoms with van der Waals surface area (Å²) < 4.78 is 0. The van der Waals surface area contributed by atoms with E-state index in [1.807, 2.05) is 13.0 Å². The number of nitrogens with one attached hydrogen (secondary N) is 2. The standard InChI is InChI=1S/C10H15ClN4.ClH/c1-7-4-9(15-10(11)14-7)13-6-8-2-3-12-5-8;/h4,8,12H,2-3,5-6H2,1H3,(H,13,14,15);1H. The summed E-state index contributed by atoms with van der Waals surface area (Å²) in [4.78, 5) is 8.13. The largest absolute Gasteiger partial charge is 0.370 e. The molecule has 1 aliphatic rings. The topological polar surface area (TPSA) is 49.8 Å². The van der Waals surface area contributed by atoms with Crippen molar-refractivity contribution in [2.24, 2.45) is 5.92 Å². The fourth-order valence-electron chi connectivity index (χ4n) is 1.76. The minimum absolute atomic E-state index is 0. The Morgan fingerprint density at radius 1 is 1.56 bits per heavy atom. The molecule has 16 heavy (non-hydrogen) atoms. The summed E-state index contributed by atoms with van der Waals surface area (Å²) in [6.45, 7) is 5.07. The molecule has 0 saturated carbocycles. The van der Waals surface area contributed by atoms with Crippen LogP contribution in [-0.4, -0.2) is 29.6 Å². The molecule has 1 saturated heterocycles. The molecule has 2 heterocycles. The molecule has 1 aromatic rings. The van der Waals surface area contributed by atoms with Crippen molar-refractivity contribution in [2.45, 2.75) is 13.3 Å². The molecule has 0 amide bonds. The zero-order valence-electron chi connectivity index (χ0n) is 9.16. The molecule has 0 aliphatic carbocycles. The lowest BCUT2D eigenvalue weighted by atomic mass is 10.1. The molecule has 1 aromatic heterocycles. The lowest BCUT2D eigenvalue weighted by molar-refractivity contribution is 0.614. The van der Waals surface area contributed by atoms with E-state index in [2.05, 4.69) is 20.6 Å². The summed E-state index contributed by atoms with van der Waals surface area (Å²) in [5.41, 5.74) is 0.891. The molecule has 6 heteroatoms. The third kappa shape index (κ3) is 3.77. The van der Waals surface area contributed by atoms with Gasteiger partial charge in [-0.25, -0.2) is 9.97 Å². The van der Waals surface area contributed by atoms with Gasteiger partial charge in [0.15, 0.2) is 0 Å². The Labute approximate surface area is 107 Å². The maximum absolute atomic E-state index is 5.77. The van der Waals surface area contributed by atoms with E-state index in [1.54, 1.807) is 0 Å². The highest BCUT2D eigenvalue weighted by molar-refractivity contribution is 6.28. The van der Waals surface area contributed by atoms with Gasteiger partial charge in [-0.2, -0.15) is 0 Å². The van der Waals surface area contributed by atoms with Crippen LogP contribution in [0, 0.1) is 12.8 Å². The molecule has 0 bridgehead atoms. The minimum atomic E-state index is 0. The van der Waals surface area contributed by atoms with E-state index in [4.69, 9.17) is 11.6 Å². The first-order chi connectivity index (χ1) is 7.24. The average molecular weight is 263 g/mol. The zero-order chi connectivity index (χ0) is 10.7. The number of hydrogen-bond donors (Lipinski definition) is 2. The van der Waals surface area contributed by atoms with Crippen molar-refractivity contribution < 1.29 is 0 Å². The van der Waals surface area contributed by atoms with E-state index < -0.39 is 0 Å². The van der Waals surface area contributed by atoms with E-state index in [0.29, 0.717) is 11.2 Å². The summed E-state index contributed by atoms with van der Waals surface area (Å²) in [5.74, 6) is 1.51. The van der Waals surface area contributed by atoms with Gasteiger partial charge in [-0.3, -0.25) is 0 Å². The van der Waals surface area contributed by atoms with Gasteiger partial charge in [-0.05, 0) is 44.0 Å². The minimum Gasteiger partial charge on any atom is -0.370 e. The molecular weight excluding hydrogens is 247 g/mol. The fourth-order valence-corrected chi connectivity index (χ4v) is 1.98. The highest BCUT2D eigenvalue weighted by Crippen LogP contribution is 2.12. The molecule has 1 aliphatic heterocycles. The Morgan fingerprint density at radius 3 is 3.00 bits per heavy atom. The number of aryl methyl sites for hydroxylation is 1. The Morgan fingerprint density at radius 2 is 2.38 bits per heavy atom. The van der Waals surface area contributed by atoms with Crippen molar-refractivity contribution in [2.75, 3.05) is 25.0 Å². The number of halogens is 2. The molecule has 1 atom stereocenters. The fraction of sp³-hybridized carbons (Fsp3) is 0.600. The summed E-state index contributed by atoms with van der Waals surface area (Å²) in [7, 11) is 0. The predicted molar refractivity (Wildman–Crippen MR) is 68.5 cm³/mol. The highest BCUT2D eigenvalue weighted by Gasteiger charge is 2.14. The van der Waals surface area contributed by atoms with Crippen molar-refractivity contribution in [1.82, 2.24) is 15.3 Å². The molecule has 2 rings (SSSR count). The first-order valence-corrected chi connectivity index (χ1v) is 5.57. The van der Waals surface area contributed by atoms with E-state index in [1.165, 1.54) is 6.42 Å². The normalized spacial score (nSPS) is 19.2. The third-order valence-electron chi connectivity index (χ3n) is 2.56. The Balaban J connectivity index is 0.00000128. The van der Waals surface area contributed by atoms with Crippen LogP contribution in [0.25, 0.3) is 0 Å². The van der Waals surface area contributed by atoms with Crippen molar-refractivity contribution in [3.05, 3.63) is 17.0 Å². The second kappa shape index (κ2) is 6.23. The number of hydrogen-bond acceptors (Lipinski definition) is 4. The molecule has 0 aromatic carbocycles. The van der Waals surface area contributed by atoms with Crippen molar-refractivity contribution >= 4 is 29.8 Å². The summed E-state index contributed by atoms with van der Waals surface area (Å²) in [5, 5.41) is 6.93. The van der Waals surface area contributed by atoms with Crippen molar-refractivity contribution in [3.63, 3.8) is 0 Å². The van der Waals surface area contributed by atoms with Gasteiger partial charge < -0.3 is 10.6 Å². The molecule has 0 radical (unpaired) electrons. The van der Waals surface area contributed by atoms with Crippen molar-refractivity contribution in [1.29, 1.82) is 0 Å². The number of rotatable bonds is 3. The SMILES string of the molecule is Cc1cc(NCC2CCNC2)nc(Cl)n1.Cl. The first-order valence-electron chi connectivity index (χ1n) is 5.20. The van der Waals surface area contributed by atoms with Gasteiger partial charge in [0.2, 0.25) is 5.28 Å². The number of anilines is 1. The van der Waals surface area contributed by atoms with Crippen LogP contribution in [0.1, 0.15) is 12.1 Å². The molecule has 4 nitrogen and oxygen atoms in total. The smallest absolute Gasteiger partial charge is 0.224 e. The van der Waals surface area contributed by atoms with Gasteiger partial charge in [-0.15, -0.1) is 12.4 Å².